The summed E-state index contributed by atoms with van der Waals surface area (Å²) in [5.74, 6) is 1.18. The van der Waals surface area contributed by atoms with Crippen molar-refractivity contribution in [2.45, 2.75) is 52.4 Å². The predicted molar refractivity (Wildman–Crippen MR) is 116 cm³/mol. The number of carbonyl (C=O) groups excluding carboxylic acids is 1. The molecule has 0 fully saturated rings. The average Bonchev–Trinajstić information content (AvgIpc) is 3.25. The van der Waals surface area contributed by atoms with Gasteiger partial charge in [0.05, 0.1) is 11.4 Å². The molecule has 3 aromatic rings. The molecular weight excluding hydrogens is 384 g/mol. The lowest BCUT2D eigenvalue weighted by atomic mass is 10.1. The van der Waals surface area contributed by atoms with Gasteiger partial charge in [0.2, 0.25) is 5.91 Å². The Kier molecular flexibility index (Phi) is 7.09. The van der Waals surface area contributed by atoms with Gasteiger partial charge in [-0.2, -0.15) is 5.10 Å². The number of thioether (sulfide) groups is 1. The number of rotatable bonds is 9. The van der Waals surface area contributed by atoms with E-state index in [0.717, 1.165) is 53.0 Å². The van der Waals surface area contributed by atoms with Gasteiger partial charge in [-0.3, -0.25) is 9.48 Å². The Balaban J connectivity index is 1.50. The van der Waals surface area contributed by atoms with E-state index in [1.165, 1.54) is 11.8 Å². The molecule has 0 saturated carbocycles. The van der Waals surface area contributed by atoms with Crippen LogP contribution in [0.5, 0.6) is 0 Å². The molecule has 0 unspecified atom stereocenters. The maximum atomic E-state index is 12.2. The highest BCUT2D eigenvalue weighted by Crippen LogP contribution is 2.26. The van der Waals surface area contributed by atoms with Crippen molar-refractivity contribution in [2.24, 2.45) is 0 Å². The summed E-state index contributed by atoms with van der Waals surface area (Å²) in [6.07, 6.45) is 0.848. The lowest BCUT2D eigenvalue weighted by Gasteiger charge is -2.09. The van der Waals surface area contributed by atoms with Gasteiger partial charge in [-0.1, -0.05) is 36.0 Å². The van der Waals surface area contributed by atoms with E-state index in [2.05, 4.69) is 57.2 Å². The summed E-state index contributed by atoms with van der Waals surface area (Å²) < 4.78 is 4.04. The Morgan fingerprint density at radius 3 is 2.66 bits per heavy atom. The van der Waals surface area contributed by atoms with Crippen molar-refractivity contribution in [3.05, 3.63) is 47.3 Å². The molecule has 2 heterocycles. The smallest absolute Gasteiger partial charge is 0.230 e. The molecule has 1 aromatic carbocycles. The lowest BCUT2D eigenvalue weighted by molar-refractivity contribution is -0.118. The summed E-state index contributed by atoms with van der Waals surface area (Å²) in [6.45, 7) is 10.4. The molecule has 8 heteroatoms. The number of hydrogen-bond acceptors (Lipinski definition) is 5. The summed E-state index contributed by atoms with van der Waals surface area (Å²) in [4.78, 5) is 12.2. The molecule has 154 valence electrons. The van der Waals surface area contributed by atoms with Gasteiger partial charge in [0.25, 0.3) is 0 Å². The molecule has 0 spiro atoms. The highest BCUT2D eigenvalue weighted by atomic mass is 32.2. The monoisotopic (exact) mass is 412 g/mol. The van der Waals surface area contributed by atoms with Gasteiger partial charge in [0.15, 0.2) is 11.0 Å². The van der Waals surface area contributed by atoms with Crippen LogP contribution in [0.2, 0.25) is 0 Å². The minimum Gasteiger partial charge on any atom is -0.355 e. The van der Waals surface area contributed by atoms with Crippen LogP contribution in [0.1, 0.15) is 30.3 Å². The third kappa shape index (κ3) is 5.26. The van der Waals surface area contributed by atoms with Crippen molar-refractivity contribution in [1.29, 1.82) is 0 Å². The van der Waals surface area contributed by atoms with E-state index in [9.17, 15) is 4.79 Å². The maximum Gasteiger partial charge on any atom is 0.230 e. The van der Waals surface area contributed by atoms with Crippen LogP contribution in [0.3, 0.4) is 0 Å². The van der Waals surface area contributed by atoms with Crippen molar-refractivity contribution in [2.75, 3.05) is 12.3 Å². The van der Waals surface area contributed by atoms with Gasteiger partial charge in [-0.25, -0.2) is 0 Å². The second kappa shape index (κ2) is 9.73. The summed E-state index contributed by atoms with van der Waals surface area (Å²) in [7, 11) is 0. The predicted octanol–water partition coefficient (Wildman–Crippen LogP) is 3.39. The maximum absolute atomic E-state index is 12.2. The summed E-state index contributed by atoms with van der Waals surface area (Å²) in [5, 5.41) is 16.9. The number of aryl methyl sites for hydroxylation is 4. The first kappa shape index (κ1) is 21.1. The van der Waals surface area contributed by atoms with Crippen LogP contribution in [-0.2, 0) is 17.9 Å². The van der Waals surface area contributed by atoms with Crippen molar-refractivity contribution < 1.29 is 4.79 Å². The molecule has 2 aromatic heterocycles. The van der Waals surface area contributed by atoms with Gasteiger partial charge >= 0.3 is 0 Å². The molecular formula is C21H28N6OS. The third-order valence-electron chi connectivity index (χ3n) is 4.72. The fraction of sp³-hybridized carbons (Fsp3) is 0.429. The Morgan fingerprint density at radius 1 is 1.17 bits per heavy atom. The summed E-state index contributed by atoms with van der Waals surface area (Å²) >= 11 is 1.42. The van der Waals surface area contributed by atoms with E-state index >= 15 is 0 Å². The Hall–Kier alpha value is -2.61. The van der Waals surface area contributed by atoms with Crippen LogP contribution >= 0.6 is 11.8 Å². The van der Waals surface area contributed by atoms with Crippen LogP contribution in [0, 0.1) is 20.8 Å². The molecule has 0 aliphatic heterocycles. The van der Waals surface area contributed by atoms with Crippen molar-refractivity contribution in [1.82, 2.24) is 29.9 Å². The zero-order valence-corrected chi connectivity index (χ0v) is 18.3. The molecule has 1 N–H and O–H groups in total. The van der Waals surface area contributed by atoms with E-state index < -0.39 is 0 Å². The second-order valence-corrected chi connectivity index (χ2v) is 7.95. The zero-order valence-electron chi connectivity index (χ0n) is 17.5. The van der Waals surface area contributed by atoms with Gasteiger partial charge in [-0.05, 0) is 45.7 Å². The van der Waals surface area contributed by atoms with Gasteiger partial charge in [0.1, 0.15) is 0 Å². The second-order valence-electron chi connectivity index (χ2n) is 7.01. The lowest BCUT2D eigenvalue weighted by Crippen LogP contribution is -2.27. The molecule has 0 aliphatic rings. The summed E-state index contributed by atoms with van der Waals surface area (Å²) in [5.41, 5.74) is 4.40. The molecule has 29 heavy (non-hydrogen) atoms. The Bertz CT molecular complexity index is 977. The topological polar surface area (TPSA) is 77.6 Å². The number of carbonyl (C=O) groups is 1. The van der Waals surface area contributed by atoms with E-state index in [1.54, 1.807) is 0 Å². The Labute approximate surface area is 175 Å². The summed E-state index contributed by atoms with van der Waals surface area (Å²) in [6, 6.07) is 10.2. The fourth-order valence-electron chi connectivity index (χ4n) is 3.24. The number of amides is 1. The number of hydrogen-bond donors (Lipinski definition) is 1. The molecule has 0 bridgehead atoms. The number of nitrogens with zero attached hydrogens (tertiary/aromatic N) is 5. The zero-order chi connectivity index (χ0) is 20.8. The molecule has 0 saturated heterocycles. The van der Waals surface area contributed by atoms with Gasteiger partial charge in [-0.15, -0.1) is 10.2 Å². The highest BCUT2D eigenvalue weighted by molar-refractivity contribution is 7.99. The molecule has 0 atom stereocenters. The quantitative estimate of drug-likeness (QED) is 0.431. The molecule has 0 aliphatic carbocycles. The van der Waals surface area contributed by atoms with Crippen LogP contribution in [0.15, 0.2) is 35.5 Å². The van der Waals surface area contributed by atoms with Crippen LogP contribution in [0.25, 0.3) is 11.4 Å². The van der Waals surface area contributed by atoms with Gasteiger partial charge in [0, 0.05) is 30.9 Å². The van der Waals surface area contributed by atoms with Crippen molar-refractivity contribution in [3.8, 4) is 11.4 Å². The van der Waals surface area contributed by atoms with E-state index in [1.807, 2.05) is 30.7 Å². The fourth-order valence-corrected chi connectivity index (χ4v) is 4.07. The van der Waals surface area contributed by atoms with Crippen molar-refractivity contribution >= 4 is 17.7 Å². The first-order valence-corrected chi connectivity index (χ1v) is 10.9. The number of benzene rings is 1. The Morgan fingerprint density at radius 2 is 1.97 bits per heavy atom. The van der Waals surface area contributed by atoms with Crippen LogP contribution in [-0.4, -0.2) is 42.7 Å². The minimum absolute atomic E-state index is 0.00598. The number of aromatic nitrogens is 5. The SMILES string of the molecule is CCn1c(SCC(=O)NCCCn2nc(C)cc2C)nnc1-c1ccccc1C. The highest BCUT2D eigenvalue weighted by Gasteiger charge is 2.15. The normalized spacial score (nSPS) is 11.0. The van der Waals surface area contributed by atoms with E-state index in [-0.39, 0.29) is 5.91 Å². The minimum atomic E-state index is 0.00598. The molecule has 1 amide bonds. The molecule has 0 radical (unpaired) electrons. The average molecular weight is 413 g/mol. The van der Waals surface area contributed by atoms with Crippen LogP contribution in [0.4, 0.5) is 0 Å². The molecule has 3 rings (SSSR count). The van der Waals surface area contributed by atoms with Gasteiger partial charge < -0.3 is 9.88 Å². The first-order valence-electron chi connectivity index (χ1n) is 9.89. The van der Waals surface area contributed by atoms with E-state index in [4.69, 9.17) is 0 Å². The third-order valence-corrected chi connectivity index (χ3v) is 5.69. The van der Waals surface area contributed by atoms with Crippen LogP contribution < -0.4 is 5.32 Å². The molecule has 7 nitrogen and oxygen atoms in total. The standard InChI is InChI=1S/C21H28N6OS/c1-5-26-20(18-10-7-6-9-15(18)2)23-24-21(26)29-14-19(28)22-11-8-12-27-17(4)13-16(3)25-27/h6-7,9-10,13H,5,8,11-12,14H2,1-4H3,(H,22,28). The van der Waals surface area contributed by atoms with Crippen molar-refractivity contribution in [3.63, 3.8) is 0 Å². The first-order chi connectivity index (χ1) is 14.0. The van der Waals surface area contributed by atoms with E-state index in [0.29, 0.717) is 12.3 Å². The largest absolute Gasteiger partial charge is 0.355 e. The number of nitrogens with one attached hydrogen (secondary N) is 1.